The number of hydrogen-bond acceptors (Lipinski definition) is 1. The van der Waals surface area contributed by atoms with E-state index in [4.69, 9.17) is 11.6 Å². The van der Waals surface area contributed by atoms with Crippen molar-refractivity contribution in [1.29, 1.82) is 0 Å². The molecule has 0 aliphatic rings. The van der Waals surface area contributed by atoms with Crippen molar-refractivity contribution in [3.63, 3.8) is 0 Å². The van der Waals surface area contributed by atoms with Gasteiger partial charge in [0.1, 0.15) is 6.10 Å². The second-order valence-corrected chi connectivity index (χ2v) is 4.25. The molecule has 0 saturated heterocycles. The van der Waals surface area contributed by atoms with Gasteiger partial charge in [0.05, 0.1) is 0 Å². The minimum atomic E-state index is -0.585. The number of hydrogen-bond donors (Lipinski definition) is 1. The lowest BCUT2D eigenvalue weighted by molar-refractivity contribution is 0.219. The third kappa shape index (κ3) is 2.26. The molecule has 1 N–H and O–H groups in total. The first-order chi connectivity index (χ1) is 7.68. The standard InChI is InChI=1S/C14H13ClO/c1-10-9-12(15)7-8-13(10)14(16)11-5-3-2-4-6-11/h2-9,14,16H,1H3. The summed E-state index contributed by atoms with van der Waals surface area (Å²) in [5.74, 6) is 0. The van der Waals surface area contributed by atoms with Crippen LogP contribution in [-0.2, 0) is 0 Å². The number of rotatable bonds is 2. The number of aliphatic hydroxyl groups is 1. The van der Waals surface area contributed by atoms with Gasteiger partial charge in [0, 0.05) is 5.02 Å². The van der Waals surface area contributed by atoms with Crippen LogP contribution in [0.3, 0.4) is 0 Å². The summed E-state index contributed by atoms with van der Waals surface area (Å²) in [6.45, 7) is 1.95. The maximum atomic E-state index is 10.2. The Hall–Kier alpha value is -1.31. The first kappa shape index (κ1) is 11.2. The smallest absolute Gasteiger partial charge is 0.104 e. The van der Waals surface area contributed by atoms with Crippen molar-refractivity contribution in [1.82, 2.24) is 0 Å². The fraction of sp³-hybridized carbons (Fsp3) is 0.143. The van der Waals surface area contributed by atoms with Gasteiger partial charge in [-0.15, -0.1) is 0 Å². The molecule has 2 aromatic rings. The predicted octanol–water partition coefficient (Wildman–Crippen LogP) is 3.73. The monoisotopic (exact) mass is 232 g/mol. The fourth-order valence-corrected chi connectivity index (χ4v) is 1.99. The van der Waals surface area contributed by atoms with Crippen LogP contribution in [-0.4, -0.2) is 5.11 Å². The number of halogens is 1. The molecule has 0 amide bonds. The van der Waals surface area contributed by atoms with Crippen molar-refractivity contribution in [3.05, 3.63) is 70.2 Å². The van der Waals surface area contributed by atoms with E-state index in [1.54, 1.807) is 6.07 Å². The van der Waals surface area contributed by atoms with E-state index in [1.807, 2.05) is 49.4 Å². The lowest BCUT2D eigenvalue weighted by Gasteiger charge is -2.14. The van der Waals surface area contributed by atoms with E-state index in [0.717, 1.165) is 16.7 Å². The van der Waals surface area contributed by atoms with Gasteiger partial charge in [-0.3, -0.25) is 0 Å². The number of benzene rings is 2. The van der Waals surface area contributed by atoms with Gasteiger partial charge < -0.3 is 5.11 Å². The maximum Gasteiger partial charge on any atom is 0.104 e. The van der Waals surface area contributed by atoms with Crippen LogP contribution in [0, 0.1) is 6.92 Å². The van der Waals surface area contributed by atoms with Crippen LogP contribution in [0.5, 0.6) is 0 Å². The SMILES string of the molecule is Cc1cc(Cl)ccc1C(O)c1ccccc1. The summed E-state index contributed by atoms with van der Waals surface area (Å²) in [6, 6.07) is 15.1. The average Bonchev–Trinajstić information content (AvgIpc) is 2.29. The highest BCUT2D eigenvalue weighted by Crippen LogP contribution is 2.26. The van der Waals surface area contributed by atoms with Crippen molar-refractivity contribution in [3.8, 4) is 0 Å². The van der Waals surface area contributed by atoms with Crippen molar-refractivity contribution >= 4 is 11.6 Å². The molecule has 0 spiro atoms. The Balaban J connectivity index is 2.38. The summed E-state index contributed by atoms with van der Waals surface area (Å²) in [5.41, 5.74) is 2.80. The molecule has 0 aromatic heterocycles. The van der Waals surface area contributed by atoms with E-state index < -0.39 is 6.10 Å². The third-order valence-corrected chi connectivity index (χ3v) is 2.88. The Labute approximate surface area is 100 Å². The van der Waals surface area contributed by atoms with E-state index in [1.165, 1.54) is 0 Å². The second kappa shape index (κ2) is 4.69. The van der Waals surface area contributed by atoms with Crippen molar-refractivity contribution in [2.45, 2.75) is 13.0 Å². The predicted molar refractivity (Wildman–Crippen MR) is 66.7 cm³/mol. The van der Waals surface area contributed by atoms with Crippen LogP contribution in [0.4, 0.5) is 0 Å². The van der Waals surface area contributed by atoms with Crippen LogP contribution in [0.2, 0.25) is 5.02 Å². The largest absolute Gasteiger partial charge is 0.384 e. The molecule has 82 valence electrons. The lowest BCUT2D eigenvalue weighted by atomic mass is 9.98. The Bertz CT molecular complexity index is 479. The van der Waals surface area contributed by atoms with Crippen molar-refractivity contribution in [2.24, 2.45) is 0 Å². The summed E-state index contributed by atoms with van der Waals surface area (Å²) in [4.78, 5) is 0. The molecule has 0 heterocycles. The lowest BCUT2D eigenvalue weighted by Crippen LogP contribution is -2.01. The van der Waals surface area contributed by atoms with Gasteiger partial charge in [0.15, 0.2) is 0 Å². The minimum Gasteiger partial charge on any atom is -0.384 e. The van der Waals surface area contributed by atoms with Gasteiger partial charge in [-0.25, -0.2) is 0 Å². The summed E-state index contributed by atoms with van der Waals surface area (Å²) < 4.78 is 0. The van der Waals surface area contributed by atoms with Crippen LogP contribution in [0.25, 0.3) is 0 Å². The molecule has 2 aromatic carbocycles. The highest BCUT2D eigenvalue weighted by molar-refractivity contribution is 6.30. The molecule has 1 atom stereocenters. The van der Waals surface area contributed by atoms with Crippen LogP contribution < -0.4 is 0 Å². The molecule has 16 heavy (non-hydrogen) atoms. The molecular weight excluding hydrogens is 220 g/mol. The Morgan fingerprint density at radius 3 is 2.38 bits per heavy atom. The average molecular weight is 233 g/mol. The molecule has 0 radical (unpaired) electrons. The molecule has 1 nitrogen and oxygen atoms in total. The van der Waals surface area contributed by atoms with Crippen molar-refractivity contribution in [2.75, 3.05) is 0 Å². The quantitative estimate of drug-likeness (QED) is 0.837. The zero-order valence-corrected chi connectivity index (χ0v) is 9.78. The van der Waals surface area contributed by atoms with Crippen molar-refractivity contribution < 1.29 is 5.11 Å². The zero-order valence-electron chi connectivity index (χ0n) is 9.02. The normalized spacial score (nSPS) is 12.4. The van der Waals surface area contributed by atoms with Gasteiger partial charge in [-0.05, 0) is 35.7 Å². The number of aryl methyl sites for hydroxylation is 1. The minimum absolute atomic E-state index is 0.585. The molecule has 1 unspecified atom stereocenters. The maximum absolute atomic E-state index is 10.2. The first-order valence-corrected chi connectivity index (χ1v) is 5.55. The number of aliphatic hydroxyl groups excluding tert-OH is 1. The fourth-order valence-electron chi connectivity index (χ4n) is 1.76. The van der Waals surface area contributed by atoms with E-state index >= 15 is 0 Å². The van der Waals surface area contributed by atoms with Crippen LogP contribution in [0.1, 0.15) is 22.8 Å². The molecule has 0 bridgehead atoms. The summed E-state index contributed by atoms with van der Waals surface area (Å²) in [7, 11) is 0. The molecule has 0 aliphatic carbocycles. The Kier molecular flexibility index (Phi) is 3.28. The topological polar surface area (TPSA) is 20.2 Å². The second-order valence-electron chi connectivity index (χ2n) is 3.81. The van der Waals surface area contributed by atoms with Gasteiger partial charge in [-0.1, -0.05) is 48.0 Å². The third-order valence-electron chi connectivity index (χ3n) is 2.64. The van der Waals surface area contributed by atoms with E-state index in [2.05, 4.69) is 0 Å². The molecule has 0 fully saturated rings. The van der Waals surface area contributed by atoms with Gasteiger partial charge >= 0.3 is 0 Å². The highest BCUT2D eigenvalue weighted by Gasteiger charge is 2.12. The molecular formula is C14H13ClO. The van der Waals surface area contributed by atoms with E-state index in [9.17, 15) is 5.11 Å². The summed E-state index contributed by atoms with van der Waals surface area (Å²) in [6.07, 6.45) is -0.585. The highest BCUT2D eigenvalue weighted by atomic mass is 35.5. The van der Waals surface area contributed by atoms with Crippen LogP contribution >= 0.6 is 11.6 Å². The zero-order chi connectivity index (χ0) is 11.5. The van der Waals surface area contributed by atoms with Gasteiger partial charge in [-0.2, -0.15) is 0 Å². The summed E-state index contributed by atoms with van der Waals surface area (Å²) in [5, 5.41) is 10.9. The summed E-state index contributed by atoms with van der Waals surface area (Å²) >= 11 is 5.89. The molecule has 0 saturated carbocycles. The molecule has 2 heteroatoms. The van der Waals surface area contributed by atoms with Crippen LogP contribution in [0.15, 0.2) is 48.5 Å². The molecule has 0 aliphatic heterocycles. The molecule has 2 rings (SSSR count). The van der Waals surface area contributed by atoms with Gasteiger partial charge in [0.2, 0.25) is 0 Å². The van der Waals surface area contributed by atoms with Gasteiger partial charge in [0.25, 0.3) is 0 Å². The van der Waals surface area contributed by atoms with E-state index in [0.29, 0.717) is 5.02 Å². The first-order valence-electron chi connectivity index (χ1n) is 5.17. The Morgan fingerprint density at radius 2 is 1.75 bits per heavy atom. The van der Waals surface area contributed by atoms with E-state index in [-0.39, 0.29) is 0 Å². The Morgan fingerprint density at radius 1 is 1.06 bits per heavy atom.